The molecule has 0 bridgehead atoms. The van der Waals surface area contributed by atoms with Crippen LogP contribution in [0.3, 0.4) is 0 Å². The van der Waals surface area contributed by atoms with Gasteiger partial charge in [0.25, 0.3) is 0 Å². The van der Waals surface area contributed by atoms with Crippen LogP contribution in [0.4, 0.5) is 5.69 Å². The lowest BCUT2D eigenvalue weighted by atomic mass is 10.2. The highest BCUT2D eigenvalue weighted by atomic mass is 35.5. The minimum Gasteiger partial charge on any atom is -0.476 e. The lowest BCUT2D eigenvalue weighted by Crippen LogP contribution is -2.05. The Hall–Kier alpha value is -1.81. The second-order valence-corrected chi connectivity index (χ2v) is 3.45. The highest BCUT2D eigenvalue weighted by Crippen LogP contribution is 2.24. The van der Waals surface area contributed by atoms with Gasteiger partial charge in [-0.1, -0.05) is 23.7 Å². The molecule has 1 heterocycles. The number of para-hydroxylation sites is 1. The highest BCUT2D eigenvalue weighted by Gasteiger charge is 2.12. The monoisotopic (exact) mass is 222 g/mol. The molecule has 5 heteroatoms. The summed E-state index contributed by atoms with van der Waals surface area (Å²) in [5.74, 6) is -1.16. The van der Waals surface area contributed by atoms with Crippen LogP contribution in [-0.2, 0) is 0 Å². The Bertz CT molecular complexity index is 554. The number of nitrogens with two attached hydrogens (primary N) is 1. The number of nitrogens with zero attached hydrogens (tertiary/aromatic N) is 1. The van der Waals surface area contributed by atoms with E-state index in [9.17, 15) is 4.79 Å². The second kappa shape index (κ2) is 3.40. The van der Waals surface area contributed by atoms with E-state index in [1.807, 2.05) is 0 Å². The van der Waals surface area contributed by atoms with E-state index in [1.54, 1.807) is 24.3 Å². The number of aromatic carboxylic acids is 1. The smallest absolute Gasteiger partial charge is 0.356 e. The number of rotatable bonds is 1. The summed E-state index contributed by atoms with van der Waals surface area (Å²) < 4.78 is 0. The van der Waals surface area contributed by atoms with E-state index in [4.69, 9.17) is 22.4 Å². The van der Waals surface area contributed by atoms with Gasteiger partial charge in [0.2, 0.25) is 0 Å². The van der Waals surface area contributed by atoms with Gasteiger partial charge in [-0.15, -0.1) is 0 Å². The maximum absolute atomic E-state index is 10.8. The number of hydrogen-bond donors (Lipinski definition) is 2. The van der Waals surface area contributed by atoms with E-state index in [0.29, 0.717) is 10.5 Å². The topological polar surface area (TPSA) is 76.2 Å². The van der Waals surface area contributed by atoms with Crippen molar-refractivity contribution in [3.63, 3.8) is 0 Å². The zero-order valence-electron chi connectivity index (χ0n) is 7.57. The molecule has 15 heavy (non-hydrogen) atoms. The number of nitrogen functional groups attached to an aromatic ring is 1. The van der Waals surface area contributed by atoms with Crippen LogP contribution < -0.4 is 5.73 Å². The third kappa shape index (κ3) is 1.59. The molecule has 0 atom stereocenters. The number of halogens is 1. The molecular weight excluding hydrogens is 216 g/mol. The van der Waals surface area contributed by atoms with Crippen molar-refractivity contribution in [1.29, 1.82) is 0 Å². The molecule has 0 unspecified atom stereocenters. The number of anilines is 1. The predicted octanol–water partition coefficient (Wildman–Crippen LogP) is 2.17. The van der Waals surface area contributed by atoms with Crippen molar-refractivity contribution in [2.45, 2.75) is 0 Å². The van der Waals surface area contributed by atoms with Crippen LogP contribution in [0.15, 0.2) is 24.3 Å². The maximum atomic E-state index is 10.8. The summed E-state index contributed by atoms with van der Waals surface area (Å²) in [5, 5.41) is 9.97. The Morgan fingerprint density at radius 1 is 1.47 bits per heavy atom. The van der Waals surface area contributed by atoms with E-state index in [2.05, 4.69) is 4.98 Å². The van der Waals surface area contributed by atoms with Crippen LogP contribution in [-0.4, -0.2) is 16.1 Å². The van der Waals surface area contributed by atoms with Gasteiger partial charge in [0.15, 0.2) is 5.69 Å². The molecule has 0 saturated heterocycles. The van der Waals surface area contributed by atoms with E-state index < -0.39 is 5.97 Å². The largest absolute Gasteiger partial charge is 0.476 e. The summed E-state index contributed by atoms with van der Waals surface area (Å²) in [7, 11) is 0. The fourth-order valence-corrected chi connectivity index (χ4v) is 1.57. The molecule has 0 aliphatic rings. The number of pyridine rings is 1. The lowest BCUT2D eigenvalue weighted by Gasteiger charge is -2.04. The summed E-state index contributed by atoms with van der Waals surface area (Å²) in [6, 6.07) is 6.73. The molecule has 2 rings (SSSR count). The normalized spacial score (nSPS) is 10.5. The van der Waals surface area contributed by atoms with E-state index >= 15 is 0 Å². The molecule has 3 N–H and O–H groups in total. The molecule has 1 aromatic heterocycles. The number of carbonyl (C=O) groups is 1. The van der Waals surface area contributed by atoms with Crippen molar-refractivity contribution < 1.29 is 9.90 Å². The van der Waals surface area contributed by atoms with Crippen molar-refractivity contribution in [3.8, 4) is 0 Å². The Balaban J connectivity index is 2.83. The molecule has 2 aromatic rings. The Kier molecular flexibility index (Phi) is 2.21. The first kappa shape index (κ1) is 9.73. The van der Waals surface area contributed by atoms with E-state index in [-0.39, 0.29) is 11.4 Å². The van der Waals surface area contributed by atoms with Crippen molar-refractivity contribution in [3.05, 3.63) is 35.0 Å². The first-order valence-corrected chi connectivity index (χ1v) is 4.55. The quantitative estimate of drug-likeness (QED) is 0.775. The number of carboxylic acids is 1. The van der Waals surface area contributed by atoms with Crippen LogP contribution in [0.5, 0.6) is 0 Å². The molecular formula is C10H7ClN2O2. The first-order chi connectivity index (χ1) is 7.09. The fourth-order valence-electron chi connectivity index (χ4n) is 1.35. The summed E-state index contributed by atoms with van der Waals surface area (Å²) in [4.78, 5) is 14.7. The molecule has 0 aliphatic heterocycles. The molecule has 1 aromatic carbocycles. The van der Waals surface area contributed by atoms with E-state index in [1.165, 1.54) is 0 Å². The minimum absolute atomic E-state index is 0.136. The van der Waals surface area contributed by atoms with Crippen LogP contribution in [0.1, 0.15) is 10.5 Å². The zero-order chi connectivity index (χ0) is 11.0. The van der Waals surface area contributed by atoms with Crippen LogP contribution in [0.2, 0.25) is 5.02 Å². The minimum atomic E-state index is -1.16. The highest BCUT2D eigenvalue weighted by molar-refractivity contribution is 6.35. The Morgan fingerprint density at radius 2 is 2.20 bits per heavy atom. The third-order valence-corrected chi connectivity index (χ3v) is 2.33. The third-order valence-electron chi connectivity index (χ3n) is 2.03. The number of fused-ring (bicyclic) bond motifs is 1. The number of aromatic nitrogens is 1. The average molecular weight is 223 g/mol. The van der Waals surface area contributed by atoms with Gasteiger partial charge in [-0.2, -0.15) is 0 Å². The van der Waals surface area contributed by atoms with E-state index in [0.717, 1.165) is 5.39 Å². The molecule has 76 valence electrons. The molecule has 4 nitrogen and oxygen atoms in total. The Labute approximate surface area is 90.3 Å². The summed E-state index contributed by atoms with van der Waals surface area (Å²) >= 11 is 5.89. The van der Waals surface area contributed by atoms with Gasteiger partial charge in [0.1, 0.15) is 0 Å². The zero-order valence-corrected chi connectivity index (χ0v) is 8.32. The molecule has 0 spiro atoms. The van der Waals surface area contributed by atoms with Crippen molar-refractivity contribution in [2.24, 2.45) is 0 Å². The average Bonchev–Trinajstić information content (AvgIpc) is 2.16. The van der Waals surface area contributed by atoms with Crippen molar-refractivity contribution in [2.75, 3.05) is 5.73 Å². The number of benzene rings is 1. The Morgan fingerprint density at radius 3 is 2.87 bits per heavy atom. The first-order valence-electron chi connectivity index (χ1n) is 4.17. The van der Waals surface area contributed by atoms with Gasteiger partial charge in [-0.3, -0.25) is 0 Å². The second-order valence-electron chi connectivity index (χ2n) is 3.04. The lowest BCUT2D eigenvalue weighted by molar-refractivity contribution is 0.0692. The van der Waals surface area contributed by atoms with Gasteiger partial charge in [0, 0.05) is 5.39 Å². The predicted molar refractivity (Wildman–Crippen MR) is 58.1 cm³/mol. The van der Waals surface area contributed by atoms with Gasteiger partial charge < -0.3 is 10.8 Å². The molecule has 0 saturated carbocycles. The summed E-state index contributed by atoms with van der Waals surface area (Å²) in [6.07, 6.45) is 0. The van der Waals surface area contributed by atoms with Gasteiger partial charge >= 0.3 is 5.97 Å². The van der Waals surface area contributed by atoms with Crippen molar-refractivity contribution >= 4 is 34.2 Å². The molecule has 0 amide bonds. The fraction of sp³-hybridized carbons (Fsp3) is 0. The molecule has 0 fully saturated rings. The maximum Gasteiger partial charge on any atom is 0.356 e. The van der Waals surface area contributed by atoms with Crippen LogP contribution >= 0.6 is 11.6 Å². The summed E-state index contributed by atoms with van der Waals surface area (Å²) in [6.45, 7) is 0. The number of hydrogen-bond acceptors (Lipinski definition) is 3. The summed E-state index contributed by atoms with van der Waals surface area (Å²) in [5.41, 5.74) is 5.97. The van der Waals surface area contributed by atoms with Crippen LogP contribution in [0.25, 0.3) is 10.9 Å². The standard InChI is InChI=1S/C10H7ClN2O2/c11-6-3-1-2-5-4-7(12)9(10(14)15)13-8(5)6/h1-4H,12H2,(H,14,15). The molecule has 0 radical (unpaired) electrons. The number of carboxylic acid groups (broad SMARTS) is 1. The van der Waals surface area contributed by atoms with Gasteiger partial charge in [0.05, 0.1) is 16.2 Å². The molecule has 0 aliphatic carbocycles. The SMILES string of the molecule is Nc1cc2cccc(Cl)c2nc1C(=O)O. The van der Waals surface area contributed by atoms with Gasteiger partial charge in [-0.25, -0.2) is 9.78 Å². The van der Waals surface area contributed by atoms with Crippen LogP contribution in [0, 0.1) is 0 Å². The van der Waals surface area contributed by atoms with Crippen molar-refractivity contribution in [1.82, 2.24) is 4.98 Å². The van der Waals surface area contributed by atoms with Gasteiger partial charge in [-0.05, 0) is 12.1 Å².